The largest absolute Gasteiger partial charge is 0.327 e. The summed E-state index contributed by atoms with van der Waals surface area (Å²) in [6.45, 7) is 0. The number of carbonyl (C=O) groups is 1. The zero-order chi connectivity index (χ0) is 18.0. The smallest absolute Gasteiger partial charge is 0.243 e. The van der Waals surface area contributed by atoms with Gasteiger partial charge in [-0.1, -0.05) is 18.2 Å². The normalized spacial score (nSPS) is 35.5. The Bertz CT molecular complexity index is 956. The number of rotatable bonds is 3. The van der Waals surface area contributed by atoms with Gasteiger partial charge in [0.2, 0.25) is 15.9 Å². The number of benzene rings is 1. The Hall–Kier alpha value is -1.45. The quantitative estimate of drug-likeness (QED) is 0.781. The minimum atomic E-state index is -4.17. The Morgan fingerprint density at radius 3 is 2.64 bits per heavy atom. The minimum absolute atomic E-state index is 0.0227. The zero-order valence-corrected chi connectivity index (χ0v) is 15.1. The molecule has 0 radical (unpaired) electrons. The third-order valence-corrected chi connectivity index (χ3v) is 9.65. The second-order valence-electron chi connectivity index (χ2n) is 7.39. The van der Waals surface area contributed by atoms with Crippen LogP contribution >= 0.6 is 0 Å². The van der Waals surface area contributed by atoms with Crippen molar-refractivity contribution in [3.8, 4) is 0 Å². The molecule has 3 aliphatic rings. The fourth-order valence-corrected chi connectivity index (χ4v) is 8.73. The number of hydrogen-bond acceptors (Lipinski definition) is 6. The number of fused-ring (bicyclic) bond motifs is 3. The molecule has 1 aromatic carbocycles. The second kappa shape index (κ2) is 5.28. The monoisotopic (exact) mass is 384 g/mol. The van der Waals surface area contributed by atoms with Crippen molar-refractivity contribution < 1.29 is 21.6 Å². The molecule has 4 rings (SSSR count). The number of amides is 1. The SMILES string of the molecule is N[C@@H]1C[C@@H]2CC[C@@]1(C(=O)NS(=O)(=O)C1CS(=O)(=O)c3ccccc31)C2. The van der Waals surface area contributed by atoms with Crippen LogP contribution in [0.2, 0.25) is 0 Å². The van der Waals surface area contributed by atoms with Gasteiger partial charge >= 0.3 is 0 Å². The van der Waals surface area contributed by atoms with E-state index in [2.05, 4.69) is 4.72 Å². The summed E-state index contributed by atoms with van der Waals surface area (Å²) in [6.07, 6.45) is 2.80. The van der Waals surface area contributed by atoms with Gasteiger partial charge in [-0.15, -0.1) is 0 Å². The Morgan fingerprint density at radius 1 is 1.28 bits per heavy atom. The Labute approximate surface area is 147 Å². The van der Waals surface area contributed by atoms with Crippen molar-refractivity contribution in [3.05, 3.63) is 29.8 Å². The number of nitrogens with two attached hydrogens (primary N) is 1. The van der Waals surface area contributed by atoms with E-state index in [1.54, 1.807) is 12.1 Å². The summed E-state index contributed by atoms with van der Waals surface area (Å²) >= 11 is 0. The van der Waals surface area contributed by atoms with Crippen LogP contribution in [0, 0.1) is 11.3 Å². The summed E-state index contributed by atoms with van der Waals surface area (Å²) in [5.41, 5.74) is 5.48. The molecule has 1 unspecified atom stereocenters. The number of nitrogens with one attached hydrogen (secondary N) is 1. The predicted molar refractivity (Wildman–Crippen MR) is 90.7 cm³/mol. The van der Waals surface area contributed by atoms with Crippen molar-refractivity contribution in [1.29, 1.82) is 0 Å². The first kappa shape index (κ1) is 17.0. The standard InChI is InChI=1S/C16H20N2O5S2/c17-14-7-10-5-6-16(14,8-10)15(19)18-25(22,23)13-9-24(20,21)12-4-2-1-3-11(12)13/h1-4,10,13-14H,5-9,17H2,(H,18,19)/t10-,13?,14+,16+/m0/s1. The Kier molecular flexibility index (Phi) is 3.59. The van der Waals surface area contributed by atoms with Crippen molar-refractivity contribution >= 4 is 25.8 Å². The highest BCUT2D eigenvalue weighted by Crippen LogP contribution is 2.53. The van der Waals surface area contributed by atoms with E-state index in [1.807, 2.05) is 0 Å². The fourth-order valence-electron chi connectivity index (χ4n) is 4.65. The average molecular weight is 384 g/mol. The highest BCUT2D eigenvalue weighted by atomic mass is 32.2. The Morgan fingerprint density at radius 2 is 2.00 bits per heavy atom. The highest BCUT2D eigenvalue weighted by molar-refractivity contribution is 7.95. The van der Waals surface area contributed by atoms with E-state index in [0.29, 0.717) is 18.8 Å². The lowest BCUT2D eigenvalue weighted by atomic mass is 9.80. The van der Waals surface area contributed by atoms with Gasteiger partial charge in [0.05, 0.1) is 16.1 Å². The lowest BCUT2D eigenvalue weighted by molar-refractivity contribution is -0.129. The van der Waals surface area contributed by atoms with Gasteiger partial charge in [0.25, 0.3) is 0 Å². The van der Waals surface area contributed by atoms with Crippen molar-refractivity contribution in [2.75, 3.05) is 5.75 Å². The Balaban J connectivity index is 1.65. The fraction of sp³-hybridized carbons (Fsp3) is 0.562. The lowest BCUT2D eigenvalue weighted by Gasteiger charge is -2.31. The molecule has 0 saturated heterocycles. The molecule has 7 nitrogen and oxygen atoms in total. The van der Waals surface area contributed by atoms with Crippen LogP contribution in [0.4, 0.5) is 0 Å². The molecule has 1 amide bonds. The molecule has 1 heterocycles. The summed E-state index contributed by atoms with van der Waals surface area (Å²) < 4.78 is 52.2. The summed E-state index contributed by atoms with van der Waals surface area (Å²) in [5, 5.41) is -1.27. The second-order valence-corrected chi connectivity index (χ2v) is 11.3. The van der Waals surface area contributed by atoms with Crippen LogP contribution < -0.4 is 10.5 Å². The maximum atomic E-state index is 12.8. The summed E-state index contributed by atoms with van der Waals surface area (Å²) in [7, 11) is -7.84. The van der Waals surface area contributed by atoms with Gasteiger partial charge in [0, 0.05) is 6.04 Å². The van der Waals surface area contributed by atoms with Gasteiger partial charge in [0.15, 0.2) is 9.84 Å². The van der Waals surface area contributed by atoms with Crippen LogP contribution in [-0.4, -0.2) is 34.5 Å². The molecule has 3 N–H and O–H groups in total. The van der Waals surface area contributed by atoms with E-state index >= 15 is 0 Å². The van der Waals surface area contributed by atoms with Crippen LogP contribution in [-0.2, 0) is 24.7 Å². The molecular formula is C16H20N2O5S2. The molecule has 9 heteroatoms. The van der Waals surface area contributed by atoms with Crippen LogP contribution in [0.3, 0.4) is 0 Å². The third kappa shape index (κ3) is 2.43. The third-order valence-electron chi connectivity index (χ3n) is 5.98. The maximum absolute atomic E-state index is 12.8. The van der Waals surface area contributed by atoms with E-state index in [9.17, 15) is 21.6 Å². The first-order valence-corrected chi connectivity index (χ1v) is 11.5. The van der Waals surface area contributed by atoms with E-state index in [0.717, 1.165) is 12.8 Å². The van der Waals surface area contributed by atoms with E-state index in [1.165, 1.54) is 12.1 Å². The van der Waals surface area contributed by atoms with Crippen LogP contribution in [0.1, 0.15) is 36.5 Å². The maximum Gasteiger partial charge on any atom is 0.243 e. The predicted octanol–water partition coefficient (Wildman–Crippen LogP) is 0.479. The van der Waals surface area contributed by atoms with E-state index < -0.39 is 42.2 Å². The van der Waals surface area contributed by atoms with Crippen molar-refractivity contribution in [2.24, 2.45) is 17.1 Å². The van der Waals surface area contributed by atoms with Gasteiger partial charge < -0.3 is 5.73 Å². The molecule has 1 aliphatic heterocycles. The molecule has 2 fully saturated rings. The van der Waals surface area contributed by atoms with E-state index in [-0.39, 0.29) is 16.5 Å². The van der Waals surface area contributed by atoms with Crippen LogP contribution in [0.25, 0.3) is 0 Å². The van der Waals surface area contributed by atoms with Gasteiger partial charge in [-0.25, -0.2) is 16.8 Å². The van der Waals surface area contributed by atoms with Gasteiger partial charge in [0.1, 0.15) is 5.25 Å². The topological polar surface area (TPSA) is 123 Å². The number of hydrogen-bond donors (Lipinski definition) is 2. The molecule has 25 heavy (non-hydrogen) atoms. The number of sulfonamides is 1. The molecule has 1 aromatic rings. The number of carbonyl (C=O) groups excluding carboxylic acids is 1. The summed E-state index contributed by atoms with van der Waals surface area (Å²) in [4.78, 5) is 12.8. The van der Waals surface area contributed by atoms with Crippen LogP contribution in [0.5, 0.6) is 0 Å². The van der Waals surface area contributed by atoms with Crippen molar-refractivity contribution in [1.82, 2.24) is 4.72 Å². The lowest BCUT2D eigenvalue weighted by Crippen LogP contribution is -2.51. The first-order chi connectivity index (χ1) is 11.7. The molecule has 2 saturated carbocycles. The summed E-state index contributed by atoms with van der Waals surface area (Å²) in [5.74, 6) is -0.755. The minimum Gasteiger partial charge on any atom is -0.327 e. The average Bonchev–Trinajstić information content (AvgIpc) is 3.18. The van der Waals surface area contributed by atoms with Crippen LogP contribution in [0.15, 0.2) is 29.2 Å². The van der Waals surface area contributed by atoms with Crippen molar-refractivity contribution in [3.63, 3.8) is 0 Å². The highest BCUT2D eigenvalue weighted by Gasteiger charge is 2.56. The molecule has 0 spiro atoms. The zero-order valence-electron chi connectivity index (χ0n) is 13.5. The molecule has 136 valence electrons. The van der Waals surface area contributed by atoms with Gasteiger partial charge in [-0.2, -0.15) is 0 Å². The molecular weight excluding hydrogens is 364 g/mol. The van der Waals surface area contributed by atoms with Gasteiger partial charge in [-0.3, -0.25) is 9.52 Å². The summed E-state index contributed by atoms with van der Waals surface area (Å²) in [6, 6.07) is 5.69. The molecule has 2 aliphatic carbocycles. The number of sulfone groups is 1. The molecule has 2 bridgehead atoms. The first-order valence-electron chi connectivity index (χ1n) is 8.29. The van der Waals surface area contributed by atoms with Gasteiger partial charge in [-0.05, 0) is 43.2 Å². The molecule has 4 atom stereocenters. The molecule has 0 aromatic heterocycles. The van der Waals surface area contributed by atoms with E-state index in [4.69, 9.17) is 5.73 Å². The van der Waals surface area contributed by atoms with Crippen molar-refractivity contribution in [2.45, 2.75) is 41.9 Å².